The van der Waals surface area contributed by atoms with Crippen LogP contribution in [0.1, 0.15) is 28.7 Å². The SMILES string of the molecule is COc1c(C)c(C)cc(C)c1CNC(=O)CC#N. The molecular formula is C14H18N2O2. The molecule has 0 atom stereocenters. The van der Waals surface area contributed by atoms with E-state index in [1.807, 2.05) is 26.8 Å². The van der Waals surface area contributed by atoms with E-state index in [9.17, 15) is 4.79 Å². The summed E-state index contributed by atoms with van der Waals surface area (Å²) >= 11 is 0. The van der Waals surface area contributed by atoms with Crippen molar-refractivity contribution < 1.29 is 9.53 Å². The number of carbonyl (C=O) groups excluding carboxylic acids is 1. The van der Waals surface area contributed by atoms with Gasteiger partial charge in [0, 0.05) is 12.1 Å². The van der Waals surface area contributed by atoms with Crippen LogP contribution in [0, 0.1) is 32.1 Å². The van der Waals surface area contributed by atoms with E-state index < -0.39 is 0 Å². The number of nitrogens with zero attached hydrogens (tertiary/aromatic N) is 1. The Morgan fingerprint density at radius 2 is 2.06 bits per heavy atom. The van der Waals surface area contributed by atoms with Gasteiger partial charge >= 0.3 is 0 Å². The van der Waals surface area contributed by atoms with Crippen LogP contribution in [0.4, 0.5) is 0 Å². The van der Waals surface area contributed by atoms with Crippen molar-refractivity contribution in [1.82, 2.24) is 5.32 Å². The molecule has 1 amide bonds. The first kappa shape index (κ1) is 14.0. The molecule has 1 N–H and O–H groups in total. The van der Waals surface area contributed by atoms with Crippen molar-refractivity contribution in [1.29, 1.82) is 5.26 Å². The van der Waals surface area contributed by atoms with Crippen molar-refractivity contribution in [2.45, 2.75) is 33.7 Å². The summed E-state index contributed by atoms with van der Waals surface area (Å²) in [6.45, 7) is 6.40. The van der Waals surface area contributed by atoms with Crippen LogP contribution in [0.15, 0.2) is 6.07 Å². The van der Waals surface area contributed by atoms with Gasteiger partial charge in [0.2, 0.25) is 5.91 Å². The lowest BCUT2D eigenvalue weighted by molar-refractivity contribution is -0.120. The fraction of sp³-hybridized carbons (Fsp3) is 0.429. The Kier molecular flexibility index (Phi) is 4.73. The molecule has 0 aliphatic heterocycles. The first-order valence-corrected chi connectivity index (χ1v) is 5.78. The van der Waals surface area contributed by atoms with Gasteiger partial charge in [0.15, 0.2) is 0 Å². The number of carbonyl (C=O) groups is 1. The minimum Gasteiger partial charge on any atom is -0.496 e. The second-order valence-corrected chi connectivity index (χ2v) is 4.26. The van der Waals surface area contributed by atoms with Crippen LogP contribution in [-0.2, 0) is 11.3 Å². The molecule has 0 bridgehead atoms. The highest BCUT2D eigenvalue weighted by Gasteiger charge is 2.13. The number of hydrogen-bond donors (Lipinski definition) is 1. The molecule has 0 radical (unpaired) electrons. The molecule has 1 aromatic carbocycles. The van der Waals surface area contributed by atoms with Gasteiger partial charge in [-0.2, -0.15) is 5.26 Å². The summed E-state index contributed by atoms with van der Waals surface area (Å²) in [7, 11) is 1.63. The number of rotatable bonds is 4. The summed E-state index contributed by atoms with van der Waals surface area (Å²) < 4.78 is 5.41. The van der Waals surface area contributed by atoms with Crippen LogP contribution in [0.5, 0.6) is 5.75 Å². The summed E-state index contributed by atoms with van der Waals surface area (Å²) in [5.41, 5.74) is 4.28. The molecule has 4 heteroatoms. The van der Waals surface area contributed by atoms with Crippen LogP contribution >= 0.6 is 0 Å². The molecule has 0 fully saturated rings. The van der Waals surface area contributed by atoms with Crippen molar-refractivity contribution in [3.63, 3.8) is 0 Å². The lowest BCUT2D eigenvalue weighted by Crippen LogP contribution is -2.23. The number of nitriles is 1. The van der Waals surface area contributed by atoms with Gasteiger partial charge in [0.05, 0.1) is 13.2 Å². The Balaban J connectivity index is 2.98. The zero-order valence-electron chi connectivity index (χ0n) is 11.3. The standard InChI is InChI=1S/C14H18N2O2/c1-9-7-10(2)12(14(18-4)11(9)3)8-16-13(17)5-6-15/h7H,5,8H2,1-4H3,(H,16,17). The Morgan fingerprint density at radius 1 is 1.39 bits per heavy atom. The molecule has 0 heterocycles. The predicted octanol–water partition coefficient (Wildman–Crippen LogP) is 2.15. The highest BCUT2D eigenvalue weighted by Crippen LogP contribution is 2.29. The topological polar surface area (TPSA) is 62.1 Å². The lowest BCUT2D eigenvalue weighted by atomic mass is 9.99. The Bertz CT molecular complexity index is 501. The first-order valence-electron chi connectivity index (χ1n) is 5.78. The molecule has 18 heavy (non-hydrogen) atoms. The number of hydrogen-bond acceptors (Lipinski definition) is 3. The zero-order valence-corrected chi connectivity index (χ0v) is 11.3. The Labute approximate surface area is 108 Å². The highest BCUT2D eigenvalue weighted by atomic mass is 16.5. The van der Waals surface area contributed by atoms with Gasteiger partial charge in [-0.25, -0.2) is 0 Å². The van der Waals surface area contributed by atoms with Crippen molar-refractivity contribution >= 4 is 5.91 Å². The van der Waals surface area contributed by atoms with Gasteiger partial charge < -0.3 is 10.1 Å². The van der Waals surface area contributed by atoms with Crippen LogP contribution in [0.2, 0.25) is 0 Å². The Morgan fingerprint density at radius 3 is 2.61 bits per heavy atom. The van der Waals surface area contributed by atoms with Crippen molar-refractivity contribution in [2.75, 3.05) is 7.11 Å². The Hall–Kier alpha value is -2.02. The van der Waals surface area contributed by atoms with Gasteiger partial charge in [-0.1, -0.05) is 6.07 Å². The molecule has 0 saturated carbocycles. The molecule has 1 rings (SSSR count). The summed E-state index contributed by atoms with van der Waals surface area (Å²) in [4.78, 5) is 11.3. The van der Waals surface area contributed by atoms with Crippen LogP contribution < -0.4 is 10.1 Å². The van der Waals surface area contributed by atoms with E-state index in [0.717, 1.165) is 28.0 Å². The number of nitrogens with one attached hydrogen (secondary N) is 1. The summed E-state index contributed by atoms with van der Waals surface area (Å²) in [5, 5.41) is 11.2. The van der Waals surface area contributed by atoms with Crippen LogP contribution in [0.3, 0.4) is 0 Å². The normalized spacial score (nSPS) is 9.72. The van der Waals surface area contributed by atoms with E-state index in [0.29, 0.717) is 6.54 Å². The fourth-order valence-corrected chi connectivity index (χ4v) is 1.92. The molecule has 1 aromatic rings. The highest BCUT2D eigenvalue weighted by molar-refractivity contribution is 5.78. The second-order valence-electron chi connectivity index (χ2n) is 4.26. The van der Waals surface area contributed by atoms with Crippen LogP contribution in [0.25, 0.3) is 0 Å². The molecular weight excluding hydrogens is 228 g/mol. The van der Waals surface area contributed by atoms with E-state index in [2.05, 4.69) is 11.4 Å². The summed E-state index contributed by atoms with van der Waals surface area (Å²) in [6, 6.07) is 3.90. The smallest absolute Gasteiger partial charge is 0.234 e. The van der Waals surface area contributed by atoms with Gasteiger partial charge in [0.1, 0.15) is 12.2 Å². The van der Waals surface area contributed by atoms with Gasteiger partial charge in [-0.15, -0.1) is 0 Å². The van der Waals surface area contributed by atoms with Gasteiger partial charge in [0.25, 0.3) is 0 Å². The van der Waals surface area contributed by atoms with Crippen molar-refractivity contribution in [2.24, 2.45) is 0 Å². The minimum atomic E-state index is -0.266. The maximum absolute atomic E-state index is 11.3. The number of amides is 1. The van der Waals surface area contributed by atoms with Crippen molar-refractivity contribution in [3.8, 4) is 11.8 Å². The minimum absolute atomic E-state index is 0.119. The third-order valence-electron chi connectivity index (χ3n) is 3.02. The number of methoxy groups -OCH3 is 1. The maximum atomic E-state index is 11.3. The second kappa shape index (κ2) is 6.06. The average molecular weight is 246 g/mol. The summed E-state index contributed by atoms with van der Waals surface area (Å²) in [5.74, 6) is 0.543. The lowest BCUT2D eigenvalue weighted by Gasteiger charge is -2.16. The predicted molar refractivity (Wildman–Crippen MR) is 69.3 cm³/mol. The molecule has 96 valence electrons. The van der Waals surface area contributed by atoms with E-state index >= 15 is 0 Å². The molecule has 0 unspecified atom stereocenters. The van der Waals surface area contributed by atoms with E-state index in [-0.39, 0.29) is 12.3 Å². The molecule has 0 aliphatic rings. The van der Waals surface area contributed by atoms with E-state index in [1.54, 1.807) is 7.11 Å². The number of benzene rings is 1. The zero-order chi connectivity index (χ0) is 13.7. The average Bonchev–Trinajstić information content (AvgIpc) is 2.32. The number of ether oxygens (including phenoxy) is 1. The monoisotopic (exact) mass is 246 g/mol. The van der Waals surface area contributed by atoms with E-state index in [1.165, 1.54) is 0 Å². The van der Waals surface area contributed by atoms with Crippen molar-refractivity contribution in [3.05, 3.63) is 28.3 Å². The quantitative estimate of drug-likeness (QED) is 0.885. The van der Waals surface area contributed by atoms with Crippen LogP contribution in [-0.4, -0.2) is 13.0 Å². The summed E-state index contributed by atoms with van der Waals surface area (Å²) in [6.07, 6.45) is -0.119. The molecule has 0 saturated heterocycles. The number of aryl methyl sites for hydroxylation is 2. The first-order chi connectivity index (χ1) is 8.51. The maximum Gasteiger partial charge on any atom is 0.234 e. The van der Waals surface area contributed by atoms with Gasteiger partial charge in [-0.05, 0) is 37.5 Å². The molecule has 0 aromatic heterocycles. The molecule has 0 spiro atoms. The third-order valence-corrected chi connectivity index (χ3v) is 3.02. The molecule has 4 nitrogen and oxygen atoms in total. The van der Waals surface area contributed by atoms with Gasteiger partial charge in [-0.3, -0.25) is 4.79 Å². The largest absolute Gasteiger partial charge is 0.496 e. The third kappa shape index (κ3) is 3.01. The van der Waals surface area contributed by atoms with E-state index in [4.69, 9.17) is 10.00 Å². The fourth-order valence-electron chi connectivity index (χ4n) is 1.92. The molecule has 0 aliphatic carbocycles.